The first kappa shape index (κ1) is 23.1. The molecular weight excluding hydrogens is 394 g/mol. The van der Waals surface area contributed by atoms with Crippen LogP contribution in [0.4, 0.5) is 0 Å². The molecule has 0 spiro atoms. The quantitative estimate of drug-likeness (QED) is 0.741. The summed E-state index contributed by atoms with van der Waals surface area (Å²) in [5, 5.41) is 0. The van der Waals surface area contributed by atoms with Gasteiger partial charge in [-0.25, -0.2) is 0 Å². The molecule has 2 aliphatic rings. The minimum Gasteiger partial charge on any atom is -0.496 e. The number of hydrogen-bond donors (Lipinski definition) is 0. The van der Waals surface area contributed by atoms with Crippen LogP contribution >= 0.6 is 0 Å². The van der Waals surface area contributed by atoms with Crippen molar-refractivity contribution < 1.29 is 19.1 Å². The van der Waals surface area contributed by atoms with Crippen molar-refractivity contribution in [2.45, 2.75) is 40.5 Å². The summed E-state index contributed by atoms with van der Waals surface area (Å²) in [6.07, 6.45) is 1.42. The second-order valence-corrected chi connectivity index (χ2v) is 9.62. The average molecular weight is 430 g/mol. The average Bonchev–Trinajstić information content (AvgIpc) is 2.77. The number of amides is 3. The SMILES string of the molecule is COc1cc(C(=O)N2CCN(C(=O)C3CCN(C(=O)C(C)(C)C)CC3)CC2)ccc1C. The molecule has 3 amide bonds. The van der Waals surface area contributed by atoms with Crippen molar-refractivity contribution in [3.05, 3.63) is 29.3 Å². The number of hydrogen-bond acceptors (Lipinski definition) is 4. The summed E-state index contributed by atoms with van der Waals surface area (Å²) in [4.78, 5) is 43.9. The zero-order valence-corrected chi connectivity index (χ0v) is 19.4. The maximum absolute atomic E-state index is 13.0. The van der Waals surface area contributed by atoms with Gasteiger partial charge in [0.1, 0.15) is 5.75 Å². The molecule has 0 aromatic heterocycles. The summed E-state index contributed by atoms with van der Waals surface area (Å²) in [7, 11) is 1.60. The van der Waals surface area contributed by atoms with E-state index in [1.54, 1.807) is 18.1 Å². The van der Waals surface area contributed by atoms with Crippen molar-refractivity contribution in [2.24, 2.45) is 11.3 Å². The molecule has 7 nitrogen and oxygen atoms in total. The Labute approximate surface area is 185 Å². The monoisotopic (exact) mass is 429 g/mol. The Kier molecular flexibility index (Phi) is 6.92. The molecule has 31 heavy (non-hydrogen) atoms. The van der Waals surface area contributed by atoms with E-state index in [1.165, 1.54) is 0 Å². The summed E-state index contributed by atoms with van der Waals surface area (Å²) in [6, 6.07) is 5.49. The van der Waals surface area contributed by atoms with Crippen LogP contribution in [0.1, 0.15) is 49.5 Å². The van der Waals surface area contributed by atoms with Gasteiger partial charge in [0.15, 0.2) is 0 Å². The summed E-state index contributed by atoms with van der Waals surface area (Å²) >= 11 is 0. The number of piperazine rings is 1. The maximum Gasteiger partial charge on any atom is 0.254 e. The number of piperidine rings is 1. The fourth-order valence-corrected chi connectivity index (χ4v) is 4.33. The predicted octanol–water partition coefficient (Wildman–Crippen LogP) is 2.57. The van der Waals surface area contributed by atoms with Gasteiger partial charge in [-0.3, -0.25) is 14.4 Å². The van der Waals surface area contributed by atoms with Gasteiger partial charge in [-0.2, -0.15) is 0 Å². The number of carbonyl (C=O) groups excluding carboxylic acids is 3. The van der Waals surface area contributed by atoms with Crippen LogP contribution < -0.4 is 4.74 Å². The van der Waals surface area contributed by atoms with Crippen LogP contribution in [-0.4, -0.2) is 78.8 Å². The molecule has 0 saturated carbocycles. The number of aryl methyl sites for hydroxylation is 1. The number of rotatable bonds is 3. The molecule has 3 rings (SSSR count). The highest BCUT2D eigenvalue weighted by Gasteiger charge is 2.35. The Morgan fingerprint density at radius 2 is 1.48 bits per heavy atom. The van der Waals surface area contributed by atoms with E-state index in [0.29, 0.717) is 63.4 Å². The summed E-state index contributed by atoms with van der Waals surface area (Å²) in [5.41, 5.74) is 1.21. The topological polar surface area (TPSA) is 70.2 Å². The molecule has 0 bridgehead atoms. The Morgan fingerprint density at radius 1 is 0.903 bits per heavy atom. The van der Waals surface area contributed by atoms with Crippen molar-refractivity contribution in [3.8, 4) is 5.75 Å². The third kappa shape index (κ3) is 5.20. The number of benzene rings is 1. The van der Waals surface area contributed by atoms with Gasteiger partial charge in [0.2, 0.25) is 11.8 Å². The minimum atomic E-state index is -0.388. The number of likely N-dealkylation sites (tertiary alicyclic amines) is 1. The standard InChI is InChI=1S/C24H35N3O4/c1-17-6-7-19(16-20(17)31-5)22(29)26-14-12-25(13-15-26)21(28)18-8-10-27(11-9-18)23(30)24(2,3)4/h6-7,16,18H,8-15H2,1-5H3. The van der Waals surface area contributed by atoms with Crippen LogP contribution in [0.2, 0.25) is 0 Å². The highest BCUT2D eigenvalue weighted by atomic mass is 16.5. The van der Waals surface area contributed by atoms with Crippen LogP contribution in [0, 0.1) is 18.3 Å². The largest absolute Gasteiger partial charge is 0.496 e. The van der Waals surface area contributed by atoms with Crippen molar-refractivity contribution in [1.29, 1.82) is 0 Å². The van der Waals surface area contributed by atoms with Gasteiger partial charge in [-0.1, -0.05) is 26.8 Å². The predicted molar refractivity (Wildman–Crippen MR) is 119 cm³/mol. The van der Waals surface area contributed by atoms with E-state index < -0.39 is 0 Å². The van der Waals surface area contributed by atoms with E-state index in [4.69, 9.17) is 4.74 Å². The lowest BCUT2D eigenvalue weighted by atomic mass is 9.90. The third-order valence-electron chi connectivity index (χ3n) is 6.31. The Bertz CT molecular complexity index is 830. The Balaban J connectivity index is 1.51. The van der Waals surface area contributed by atoms with Crippen LogP contribution in [0.25, 0.3) is 0 Å². The van der Waals surface area contributed by atoms with E-state index >= 15 is 0 Å². The summed E-state index contributed by atoms with van der Waals surface area (Å²) in [6.45, 7) is 11.2. The smallest absolute Gasteiger partial charge is 0.254 e. The van der Waals surface area contributed by atoms with E-state index in [1.807, 2.05) is 49.6 Å². The zero-order chi connectivity index (χ0) is 22.8. The molecule has 170 valence electrons. The van der Waals surface area contributed by atoms with Gasteiger partial charge in [0.25, 0.3) is 5.91 Å². The van der Waals surface area contributed by atoms with Gasteiger partial charge >= 0.3 is 0 Å². The lowest BCUT2D eigenvalue weighted by Crippen LogP contribution is -2.53. The molecule has 0 radical (unpaired) electrons. The normalized spacial score (nSPS) is 18.2. The van der Waals surface area contributed by atoms with E-state index in [0.717, 1.165) is 5.56 Å². The number of carbonyl (C=O) groups is 3. The second kappa shape index (κ2) is 9.28. The molecule has 1 aromatic rings. The second-order valence-electron chi connectivity index (χ2n) is 9.62. The zero-order valence-electron chi connectivity index (χ0n) is 19.4. The minimum absolute atomic E-state index is 0.0283. The fourth-order valence-electron chi connectivity index (χ4n) is 4.33. The Morgan fingerprint density at radius 3 is 2.03 bits per heavy atom. The van der Waals surface area contributed by atoms with Crippen molar-refractivity contribution in [2.75, 3.05) is 46.4 Å². The van der Waals surface area contributed by atoms with E-state index in [9.17, 15) is 14.4 Å². The van der Waals surface area contributed by atoms with Gasteiger partial charge in [-0.15, -0.1) is 0 Å². The van der Waals surface area contributed by atoms with Gasteiger partial charge in [0, 0.05) is 56.2 Å². The molecular formula is C24H35N3O4. The lowest BCUT2D eigenvalue weighted by molar-refractivity contribution is -0.145. The molecule has 0 unspecified atom stereocenters. The first-order chi connectivity index (χ1) is 14.6. The third-order valence-corrected chi connectivity index (χ3v) is 6.31. The highest BCUT2D eigenvalue weighted by Crippen LogP contribution is 2.25. The number of nitrogens with zero attached hydrogens (tertiary/aromatic N) is 3. The number of methoxy groups -OCH3 is 1. The van der Waals surface area contributed by atoms with E-state index in [2.05, 4.69) is 0 Å². The molecule has 2 fully saturated rings. The van der Waals surface area contributed by atoms with Gasteiger partial charge in [0.05, 0.1) is 7.11 Å². The summed E-state index contributed by atoms with van der Waals surface area (Å²) in [5.74, 6) is 0.952. The lowest BCUT2D eigenvalue weighted by Gasteiger charge is -2.39. The molecule has 1 aromatic carbocycles. The van der Waals surface area contributed by atoms with Crippen LogP contribution in [0.5, 0.6) is 5.75 Å². The molecule has 2 aliphatic heterocycles. The van der Waals surface area contributed by atoms with Crippen molar-refractivity contribution >= 4 is 17.7 Å². The molecule has 2 heterocycles. The maximum atomic E-state index is 13.0. The Hall–Kier alpha value is -2.57. The molecule has 0 N–H and O–H groups in total. The molecule has 7 heteroatoms. The van der Waals surface area contributed by atoms with Crippen LogP contribution in [0.3, 0.4) is 0 Å². The van der Waals surface area contributed by atoms with Crippen molar-refractivity contribution in [3.63, 3.8) is 0 Å². The first-order valence-electron chi connectivity index (χ1n) is 11.1. The van der Waals surface area contributed by atoms with Gasteiger partial charge < -0.3 is 19.4 Å². The number of ether oxygens (including phenoxy) is 1. The molecule has 2 saturated heterocycles. The molecule has 0 aliphatic carbocycles. The van der Waals surface area contributed by atoms with Gasteiger partial charge in [-0.05, 0) is 37.5 Å². The summed E-state index contributed by atoms with van der Waals surface area (Å²) < 4.78 is 5.33. The van der Waals surface area contributed by atoms with Crippen LogP contribution in [0.15, 0.2) is 18.2 Å². The molecule has 0 atom stereocenters. The van der Waals surface area contributed by atoms with E-state index in [-0.39, 0.29) is 29.1 Å². The fraction of sp³-hybridized carbons (Fsp3) is 0.625. The van der Waals surface area contributed by atoms with Crippen molar-refractivity contribution in [1.82, 2.24) is 14.7 Å². The first-order valence-corrected chi connectivity index (χ1v) is 11.1. The highest BCUT2D eigenvalue weighted by molar-refractivity contribution is 5.95. The van der Waals surface area contributed by atoms with Crippen LogP contribution in [-0.2, 0) is 9.59 Å².